The summed E-state index contributed by atoms with van der Waals surface area (Å²) in [5, 5.41) is 11.8. The molecule has 158 valence electrons. The van der Waals surface area contributed by atoms with Crippen LogP contribution in [0.5, 0.6) is 0 Å². The van der Waals surface area contributed by atoms with Gasteiger partial charge in [0, 0.05) is 31.5 Å². The lowest BCUT2D eigenvalue weighted by atomic mass is 9.85. The quantitative estimate of drug-likeness (QED) is 0.799. The van der Waals surface area contributed by atoms with E-state index in [1.54, 1.807) is 10.9 Å². The topological polar surface area (TPSA) is 89.1 Å². The van der Waals surface area contributed by atoms with Crippen molar-refractivity contribution in [3.63, 3.8) is 0 Å². The Kier molecular flexibility index (Phi) is 6.20. The smallest absolute Gasteiger partial charge is 0.276 e. The van der Waals surface area contributed by atoms with Crippen molar-refractivity contribution >= 4 is 18.3 Å². The van der Waals surface area contributed by atoms with Crippen LogP contribution in [0.15, 0.2) is 10.6 Å². The summed E-state index contributed by atoms with van der Waals surface area (Å²) in [4.78, 5) is 19.4. The first-order chi connectivity index (χ1) is 13.8. The fourth-order valence-corrected chi connectivity index (χ4v) is 4.35. The van der Waals surface area contributed by atoms with Crippen molar-refractivity contribution in [2.24, 2.45) is 0 Å². The van der Waals surface area contributed by atoms with Crippen LogP contribution in [0.2, 0.25) is 0 Å². The van der Waals surface area contributed by atoms with Crippen LogP contribution in [-0.2, 0) is 19.5 Å². The summed E-state index contributed by atoms with van der Waals surface area (Å²) < 4.78 is 7.75. The minimum Gasteiger partial charge on any atom is -0.445 e. The third kappa shape index (κ3) is 4.33. The molecule has 1 amide bonds. The summed E-state index contributed by atoms with van der Waals surface area (Å²) in [5.74, 6) is 2.23. The summed E-state index contributed by atoms with van der Waals surface area (Å²) in [6.45, 7) is 3.04. The highest BCUT2D eigenvalue weighted by Gasteiger charge is 2.31. The van der Waals surface area contributed by atoms with Gasteiger partial charge in [-0.25, -0.2) is 4.98 Å². The molecular weight excluding hydrogens is 392 g/mol. The van der Waals surface area contributed by atoms with Gasteiger partial charge in [0.25, 0.3) is 5.91 Å². The van der Waals surface area contributed by atoms with Gasteiger partial charge in [-0.05, 0) is 38.6 Å². The van der Waals surface area contributed by atoms with Crippen molar-refractivity contribution in [2.75, 3.05) is 13.1 Å². The van der Waals surface area contributed by atoms with Crippen molar-refractivity contribution in [1.82, 2.24) is 30.2 Å². The van der Waals surface area contributed by atoms with Gasteiger partial charge in [-0.15, -0.1) is 17.5 Å². The molecule has 2 aliphatic heterocycles. The molecule has 0 spiro atoms. The summed E-state index contributed by atoms with van der Waals surface area (Å²) in [5.41, 5.74) is 1.33. The fraction of sp³-hybridized carbons (Fsp3) is 0.700. The second kappa shape index (κ2) is 8.83. The van der Waals surface area contributed by atoms with Gasteiger partial charge in [-0.3, -0.25) is 9.48 Å². The van der Waals surface area contributed by atoms with E-state index >= 15 is 0 Å². The van der Waals surface area contributed by atoms with E-state index in [4.69, 9.17) is 4.42 Å². The van der Waals surface area contributed by atoms with E-state index in [1.807, 2.05) is 4.90 Å². The maximum absolute atomic E-state index is 12.9. The highest BCUT2D eigenvalue weighted by Crippen LogP contribution is 2.37. The number of carbonyl (C=O) groups is 1. The molecule has 2 fully saturated rings. The zero-order valence-electron chi connectivity index (χ0n) is 16.7. The van der Waals surface area contributed by atoms with Crippen LogP contribution in [-0.4, -0.2) is 49.9 Å². The van der Waals surface area contributed by atoms with Gasteiger partial charge in [-0.1, -0.05) is 18.1 Å². The molecule has 2 aromatic heterocycles. The number of nitrogens with one attached hydrogen (secondary N) is 1. The maximum atomic E-state index is 12.9. The molecule has 1 unspecified atom stereocenters. The Balaban J connectivity index is 0.00000205. The highest BCUT2D eigenvalue weighted by atomic mass is 35.5. The fourth-order valence-electron chi connectivity index (χ4n) is 4.35. The molecule has 3 aliphatic rings. The highest BCUT2D eigenvalue weighted by molar-refractivity contribution is 5.92. The molecule has 8 nitrogen and oxygen atoms in total. The standard InChI is InChI=1S/C20H28N6O2.ClH/c27-20(17-13-26(24-23-17)11-7-15-6-1-2-9-21-15)25-10-8-18-16(12-25)22-19(28-18)14-4-3-5-14;/h13-15,21H,1-12H2;1H. The second-order valence-electron chi connectivity index (χ2n) is 8.33. The average Bonchev–Trinajstić information content (AvgIpc) is 3.31. The lowest BCUT2D eigenvalue weighted by Crippen LogP contribution is -2.36. The number of piperidine rings is 1. The lowest BCUT2D eigenvalue weighted by Gasteiger charge is -2.24. The molecule has 4 heterocycles. The van der Waals surface area contributed by atoms with E-state index in [9.17, 15) is 4.79 Å². The molecule has 0 bridgehead atoms. The van der Waals surface area contributed by atoms with E-state index in [1.165, 1.54) is 38.5 Å². The minimum atomic E-state index is -0.0686. The molecule has 29 heavy (non-hydrogen) atoms. The normalized spacial score (nSPS) is 21.9. The third-order valence-corrected chi connectivity index (χ3v) is 6.36. The van der Waals surface area contributed by atoms with Crippen LogP contribution in [0.3, 0.4) is 0 Å². The Morgan fingerprint density at radius 2 is 2.14 bits per heavy atom. The predicted octanol–water partition coefficient (Wildman–Crippen LogP) is 2.69. The van der Waals surface area contributed by atoms with Crippen LogP contribution >= 0.6 is 12.4 Å². The SMILES string of the molecule is Cl.O=C(c1cn(CCC2CCCCN2)nn1)N1CCc2oc(C3CCC3)nc2C1. The van der Waals surface area contributed by atoms with E-state index in [-0.39, 0.29) is 18.3 Å². The zero-order valence-corrected chi connectivity index (χ0v) is 17.5. The van der Waals surface area contributed by atoms with Crippen molar-refractivity contribution in [1.29, 1.82) is 0 Å². The van der Waals surface area contributed by atoms with Crippen LogP contribution in [0.25, 0.3) is 0 Å². The monoisotopic (exact) mass is 420 g/mol. The molecule has 2 aromatic rings. The number of fused-ring (bicyclic) bond motifs is 1. The van der Waals surface area contributed by atoms with Gasteiger partial charge < -0.3 is 14.6 Å². The van der Waals surface area contributed by atoms with Crippen LogP contribution in [0.1, 0.15) is 78.7 Å². The molecule has 0 aromatic carbocycles. The molecule has 0 radical (unpaired) electrons. The van der Waals surface area contributed by atoms with Gasteiger partial charge in [0.1, 0.15) is 11.5 Å². The van der Waals surface area contributed by atoms with Gasteiger partial charge in [0.05, 0.1) is 12.7 Å². The summed E-state index contributed by atoms with van der Waals surface area (Å²) in [6, 6.07) is 0.551. The van der Waals surface area contributed by atoms with E-state index in [2.05, 4.69) is 20.6 Å². The van der Waals surface area contributed by atoms with E-state index < -0.39 is 0 Å². The number of hydrogen-bond donors (Lipinski definition) is 1. The second-order valence-corrected chi connectivity index (χ2v) is 8.33. The van der Waals surface area contributed by atoms with Crippen LogP contribution < -0.4 is 5.32 Å². The predicted molar refractivity (Wildman–Crippen MR) is 109 cm³/mol. The zero-order chi connectivity index (χ0) is 18.9. The largest absolute Gasteiger partial charge is 0.445 e. The molecule has 5 rings (SSSR count). The Morgan fingerprint density at radius 3 is 2.90 bits per heavy atom. The Hall–Kier alpha value is -1.93. The Bertz CT molecular complexity index is 840. The first-order valence-corrected chi connectivity index (χ1v) is 10.7. The van der Waals surface area contributed by atoms with Gasteiger partial charge in [0.2, 0.25) is 0 Å². The number of nitrogens with zero attached hydrogens (tertiary/aromatic N) is 5. The number of aryl methyl sites for hydroxylation is 1. The Morgan fingerprint density at radius 1 is 1.24 bits per heavy atom. The van der Waals surface area contributed by atoms with Gasteiger partial charge in [0.15, 0.2) is 11.6 Å². The van der Waals surface area contributed by atoms with E-state index in [0.29, 0.717) is 30.7 Å². The van der Waals surface area contributed by atoms with Crippen LogP contribution in [0.4, 0.5) is 0 Å². The number of oxazole rings is 1. The van der Waals surface area contributed by atoms with Crippen LogP contribution in [0, 0.1) is 0 Å². The van der Waals surface area contributed by atoms with Crippen molar-refractivity contribution in [2.45, 2.75) is 76.4 Å². The third-order valence-electron chi connectivity index (χ3n) is 6.36. The number of amides is 1. The van der Waals surface area contributed by atoms with Gasteiger partial charge in [-0.2, -0.15) is 0 Å². The lowest BCUT2D eigenvalue weighted by molar-refractivity contribution is 0.0721. The molecule has 1 aliphatic carbocycles. The molecular formula is C20H29ClN6O2. The van der Waals surface area contributed by atoms with E-state index in [0.717, 1.165) is 43.3 Å². The molecule has 1 N–H and O–H groups in total. The molecule has 1 atom stereocenters. The molecule has 9 heteroatoms. The first kappa shape index (κ1) is 20.3. The molecule has 1 saturated heterocycles. The number of hydrogen-bond acceptors (Lipinski definition) is 6. The Labute approximate surface area is 176 Å². The summed E-state index contributed by atoms with van der Waals surface area (Å²) >= 11 is 0. The number of rotatable bonds is 5. The minimum absolute atomic E-state index is 0. The number of carbonyl (C=O) groups excluding carboxylic acids is 1. The molecule has 1 saturated carbocycles. The van der Waals surface area contributed by atoms with Crippen molar-refractivity contribution in [3.8, 4) is 0 Å². The van der Waals surface area contributed by atoms with Crippen molar-refractivity contribution < 1.29 is 9.21 Å². The van der Waals surface area contributed by atoms with Crippen molar-refractivity contribution in [3.05, 3.63) is 29.2 Å². The number of aromatic nitrogens is 4. The van der Waals surface area contributed by atoms with Gasteiger partial charge >= 0.3 is 0 Å². The summed E-state index contributed by atoms with van der Waals surface area (Å²) in [7, 11) is 0. The summed E-state index contributed by atoms with van der Waals surface area (Å²) in [6.07, 6.45) is 10.9. The number of halogens is 1. The maximum Gasteiger partial charge on any atom is 0.276 e. The average molecular weight is 421 g/mol. The first-order valence-electron chi connectivity index (χ1n) is 10.7.